The highest BCUT2D eigenvalue weighted by Crippen LogP contribution is 2.25. The smallest absolute Gasteiger partial charge is 0.355 e. The standard InChI is InChI=1S/C23H25N3O3/c1-5-29-23(28)21-16(3)20(22(27)25-19-13-15(2)11-12-24-19)17(4)26(21)14-18-9-7-6-8-10-18/h6-13H,5,14H2,1-4H3,(H,24,25,27). The maximum absolute atomic E-state index is 13.0. The predicted octanol–water partition coefficient (Wildman–Crippen LogP) is 4.29. The molecule has 0 atom stereocenters. The van der Waals surface area contributed by atoms with Gasteiger partial charge >= 0.3 is 5.97 Å². The first-order chi connectivity index (χ1) is 13.9. The number of anilines is 1. The number of amides is 1. The number of hydrogen-bond donors (Lipinski definition) is 1. The molecule has 0 fully saturated rings. The Labute approximate surface area is 170 Å². The summed E-state index contributed by atoms with van der Waals surface area (Å²) in [5, 5.41) is 2.84. The third-order valence-electron chi connectivity index (χ3n) is 4.80. The molecule has 0 saturated carbocycles. The van der Waals surface area contributed by atoms with Crippen molar-refractivity contribution in [3.8, 4) is 0 Å². The molecule has 0 bridgehead atoms. The van der Waals surface area contributed by atoms with Gasteiger partial charge in [-0.15, -0.1) is 0 Å². The molecule has 6 nitrogen and oxygen atoms in total. The van der Waals surface area contributed by atoms with E-state index in [4.69, 9.17) is 4.74 Å². The van der Waals surface area contributed by atoms with Crippen LogP contribution in [0.15, 0.2) is 48.7 Å². The van der Waals surface area contributed by atoms with Gasteiger partial charge in [-0.2, -0.15) is 0 Å². The summed E-state index contributed by atoms with van der Waals surface area (Å²) >= 11 is 0. The fourth-order valence-electron chi connectivity index (χ4n) is 3.44. The zero-order valence-corrected chi connectivity index (χ0v) is 17.2. The maximum Gasteiger partial charge on any atom is 0.355 e. The minimum absolute atomic E-state index is 0.266. The Morgan fingerprint density at radius 3 is 2.48 bits per heavy atom. The largest absolute Gasteiger partial charge is 0.461 e. The van der Waals surface area contributed by atoms with Crippen molar-refractivity contribution in [3.05, 3.63) is 82.3 Å². The van der Waals surface area contributed by atoms with Gasteiger partial charge in [0.2, 0.25) is 0 Å². The SMILES string of the molecule is CCOC(=O)c1c(C)c(C(=O)Nc2cc(C)ccn2)c(C)n1Cc1ccccc1. The van der Waals surface area contributed by atoms with E-state index >= 15 is 0 Å². The number of carbonyl (C=O) groups excluding carboxylic acids is 2. The lowest BCUT2D eigenvalue weighted by molar-refractivity contribution is 0.0513. The second-order valence-electron chi connectivity index (χ2n) is 6.90. The second-order valence-corrected chi connectivity index (χ2v) is 6.90. The maximum atomic E-state index is 13.0. The molecule has 1 aromatic carbocycles. The van der Waals surface area contributed by atoms with Crippen LogP contribution in [0.5, 0.6) is 0 Å². The van der Waals surface area contributed by atoms with E-state index in [1.807, 2.05) is 54.8 Å². The quantitative estimate of drug-likeness (QED) is 0.637. The Balaban J connectivity index is 2.04. The van der Waals surface area contributed by atoms with Crippen molar-refractivity contribution >= 4 is 17.7 Å². The van der Waals surface area contributed by atoms with E-state index in [1.54, 1.807) is 26.1 Å². The number of ether oxygens (including phenoxy) is 1. The van der Waals surface area contributed by atoms with E-state index in [2.05, 4.69) is 10.3 Å². The first-order valence-electron chi connectivity index (χ1n) is 9.57. The summed E-state index contributed by atoms with van der Waals surface area (Å²) in [6.45, 7) is 8.06. The highest BCUT2D eigenvalue weighted by Gasteiger charge is 2.27. The third-order valence-corrected chi connectivity index (χ3v) is 4.80. The molecule has 0 spiro atoms. The van der Waals surface area contributed by atoms with Gasteiger partial charge < -0.3 is 14.6 Å². The molecular formula is C23H25N3O3. The van der Waals surface area contributed by atoms with Gasteiger partial charge in [0.1, 0.15) is 11.5 Å². The molecule has 2 aromatic heterocycles. The second kappa shape index (κ2) is 8.73. The van der Waals surface area contributed by atoms with Crippen LogP contribution in [-0.2, 0) is 11.3 Å². The number of nitrogens with zero attached hydrogens (tertiary/aromatic N) is 2. The van der Waals surface area contributed by atoms with Gasteiger partial charge in [0.25, 0.3) is 5.91 Å². The summed E-state index contributed by atoms with van der Waals surface area (Å²) in [4.78, 5) is 29.9. The van der Waals surface area contributed by atoms with Crippen LogP contribution in [0.25, 0.3) is 0 Å². The molecule has 3 aromatic rings. The molecule has 1 amide bonds. The number of nitrogens with one attached hydrogen (secondary N) is 1. The predicted molar refractivity (Wildman–Crippen MR) is 112 cm³/mol. The third kappa shape index (κ3) is 4.37. The molecule has 0 radical (unpaired) electrons. The van der Waals surface area contributed by atoms with Crippen LogP contribution in [0, 0.1) is 20.8 Å². The first-order valence-corrected chi connectivity index (χ1v) is 9.57. The Bertz CT molecular complexity index is 1040. The first kappa shape index (κ1) is 20.3. The van der Waals surface area contributed by atoms with Crippen LogP contribution in [0.1, 0.15) is 50.2 Å². The number of aromatic nitrogens is 2. The van der Waals surface area contributed by atoms with Gasteiger partial charge in [0, 0.05) is 18.4 Å². The van der Waals surface area contributed by atoms with E-state index < -0.39 is 5.97 Å². The lowest BCUT2D eigenvalue weighted by Crippen LogP contribution is -2.15. The number of aryl methyl sites for hydroxylation is 1. The van der Waals surface area contributed by atoms with Gasteiger partial charge in [0.15, 0.2) is 0 Å². The van der Waals surface area contributed by atoms with E-state index in [-0.39, 0.29) is 12.5 Å². The number of hydrogen-bond acceptors (Lipinski definition) is 4. The number of esters is 1. The van der Waals surface area contributed by atoms with Crippen molar-refractivity contribution in [2.24, 2.45) is 0 Å². The van der Waals surface area contributed by atoms with Gasteiger partial charge in [-0.1, -0.05) is 30.3 Å². The molecule has 29 heavy (non-hydrogen) atoms. The number of benzene rings is 1. The molecule has 6 heteroatoms. The monoisotopic (exact) mass is 391 g/mol. The van der Waals surface area contributed by atoms with Crippen LogP contribution in [0.3, 0.4) is 0 Å². The summed E-state index contributed by atoms with van der Waals surface area (Å²) in [6, 6.07) is 13.5. The van der Waals surface area contributed by atoms with Gasteiger partial charge in [-0.05, 0) is 56.5 Å². The van der Waals surface area contributed by atoms with Crippen LogP contribution in [0.2, 0.25) is 0 Å². The molecule has 3 rings (SSSR count). The van der Waals surface area contributed by atoms with Gasteiger partial charge in [0.05, 0.1) is 12.2 Å². The summed E-state index contributed by atoms with van der Waals surface area (Å²) in [6.07, 6.45) is 1.65. The molecule has 0 aliphatic heterocycles. The highest BCUT2D eigenvalue weighted by molar-refractivity contribution is 6.08. The summed E-state index contributed by atoms with van der Waals surface area (Å²) in [5.41, 5.74) is 4.20. The van der Waals surface area contributed by atoms with E-state index in [1.165, 1.54) is 0 Å². The number of carbonyl (C=O) groups is 2. The summed E-state index contributed by atoms with van der Waals surface area (Å²) in [7, 11) is 0. The van der Waals surface area contributed by atoms with Crippen LogP contribution in [-0.4, -0.2) is 28.0 Å². The zero-order chi connectivity index (χ0) is 21.0. The molecular weight excluding hydrogens is 366 g/mol. The highest BCUT2D eigenvalue weighted by atomic mass is 16.5. The van der Waals surface area contributed by atoms with Crippen molar-refractivity contribution in [3.63, 3.8) is 0 Å². The average molecular weight is 391 g/mol. The van der Waals surface area contributed by atoms with Crippen LogP contribution >= 0.6 is 0 Å². The fourth-order valence-corrected chi connectivity index (χ4v) is 3.44. The van der Waals surface area contributed by atoms with Crippen LogP contribution < -0.4 is 5.32 Å². The normalized spacial score (nSPS) is 10.6. The number of pyridine rings is 1. The Morgan fingerprint density at radius 1 is 1.10 bits per heavy atom. The molecule has 1 N–H and O–H groups in total. The average Bonchev–Trinajstić information content (AvgIpc) is 2.92. The summed E-state index contributed by atoms with van der Waals surface area (Å²) < 4.78 is 7.11. The minimum Gasteiger partial charge on any atom is -0.461 e. The molecule has 0 saturated heterocycles. The van der Waals surface area contributed by atoms with Crippen molar-refractivity contribution in [2.45, 2.75) is 34.2 Å². The lowest BCUT2D eigenvalue weighted by Gasteiger charge is -2.12. The summed E-state index contributed by atoms with van der Waals surface area (Å²) in [5.74, 6) is -0.255. The van der Waals surface area contributed by atoms with E-state index in [0.29, 0.717) is 34.9 Å². The molecule has 0 unspecified atom stereocenters. The van der Waals surface area contributed by atoms with Crippen LogP contribution in [0.4, 0.5) is 5.82 Å². The molecule has 150 valence electrons. The van der Waals surface area contributed by atoms with Crippen molar-refractivity contribution in [1.29, 1.82) is 0 Å². The van der Waals surface area contributed by atoms with Crippen molar-refractivity contribution in [2.75, 3.05) is 11.9 Å². The lowest BCUT2D eigenvalue weighted by atomic mass is 10.1. The molecule has 2 heterocycles. The van der Waals surface area contributed by atoms with Crippen molar-refractivity contribution in [1.82, 2.24) is 9.55 Å². The van der Waals surface area contributed by atoms with E-state index in [9.17, 15) is 9.59 Å². The topological polar surface area (TPSA) is 73.2 Å². The molecule has 0 aliphatic carbocycles. The Morgan fingerprint density at radius 2 is 1.83 bits per heavy atom. The van der Waals surface area contributed by atoms with Gasteiger partial charge in [-0.3, -0.25) is 4.79 Å². The fraction of sp³-hybridized carbons (Fsp3) is 0.261. The minimum atomic E-state index is -0.434. The zero-order valence-electron chi connectivity index (χ0n) is 17.2. The van der Waals surface area contributed by atoms with Crippen molar-refractivity contribution < 1.29 is 14.3 Å². The Hall–Kier alpha value is -3.41. The molecule has 0 aliphatic rings. The Kier molecular flexibility index (Phi) is 6.12. The van der Waals surface area contributed by atoms with Gasteiger partial charge in [-0.25, -0.2) is 9.78 Å². The number of rotatable bonds is 6. The van der Waals surface area contributed by atoms with E-state index in [0.717, 1.165) is 11.1 Å².